The molecule has 0 aliphatic rings. The normalized spacial score (nSPS) is 10.9. The number of rotatable bonds is 6. The van der Waals surface area contributed by atoms with Gasteiger partial charge in [0.2, 0.25) is 0 Å². The number of carbonyl (C=O) groups is 2. The topological polar surface area (TPSA) is 89.6 Å². The Labute approximate surface area is 187 Å². The standard InChI is InChI=1S/C25H27N3O4/c1-25(2,3)32-24(30)26-16-17-8-5-6-9-20(17)21-10-7-11-22(28-21)23(29)27-18-12-14-19(31-4)15-13-18/h5-15H,16H2,1-4H3,(H,26,30)(H,27,29). The van der Waals surface area contributed by atoms with Gasteiger partial charge in [0.05, 0.1) is 12.8 Å². The molecule has 2 aromatic carbocycles. The van der Waals surface area contributed by atoms with Crippen molar-refractivity contribution in [3.05, 3.63) is 78.0 Å². The number of nitrogens with one attached hydrogen (secondary N) is 2. The van der Waals surface area contributed by atoms with Crippen LogP contribution in [0.5, 0.6) is 5.75 Å². The third-order valence-electron chi connectivity index (χ3n) is 4.44. The molecule has 166 valence electrons. The number of anilines is 1. The predicted octanol–water partition coefficient (Wildman–Crippen LogP) is 5.03. The fourth-order valence-electron chi connectivity index (χ4n) is 2.99. The fourth-order valence-corrected chi connectivity index (χ4v) is 2.99. The van der Waals surface area contributed by atoms with Crippen molar-refractivity contribution in [3.8, 4) is 17.0 Å². The first-order chi connectivity index (χ1) is 15.2. The number of ether oxygens (including phenoxy) is 2. The van der Waals surface area contributed by atoms with Crippen molar-refractivity contribution in [3.63, 3.8) is 0 Å². The van der Waals surface area contributed by atoms with Crippen molar-refractivity contribution < 1.29 is 19.1 Å². The molecule has 2 N–H and O–H groups in total. The molecule has 0 fully saturated rings. The number of hydrogen-bond donors (Lipinski definition) is 2. The lowest BCUT2D eigenvalue weighted by Crippen LogP contribution is -2.32. The van der Waals surface area contributed by atoms with Crippen LogP contribution < -0.4 is 15.4 Å². The summed E-state index contributed by atoms with van der Waals surface area (Å²) in [6, 6.07) is 19.9. The van der Waals surface area contributed by atoms with Gasteiger partial charge in [-0.25, -0.2) is 9.78 Å². The van der Waals surface area contributed by atoms with E-state index in [1.54, 1.807) is 43.5 Å². The molecule has 0 bridgehead atoms. The maximum absolute atomic E-state index is 12.7. The number of carbonyl (C=O) groups excluding carboxylic acids is 2. The third kappa shape index (κ3) is 6.31. The van der Waals surface area contributed by atoms with E-state index in [9.17, 15) is 9.59 Å². The Morgan fingerprint density at radius 1 is 0.938 bits per heavy atom. The number of alkyl carbamates (subject to hydrolysis) is 1. The average Bonchev–Trinajstić information content (AvgIpc) is 2.77. The van der Waals surface area contributed by atoms with E-state index in [0.717, 1.165) is 11.1 Å². The van der Waals surface area contributed by atoms with Gasteiger partial charge in [-0.05, 0) is 62.7 Å². The number of aromatic nitrogens is 1. The first kappa shape index (κ1) is 22.8. The van der Waals surface area contributed by atoms with Gasteiger partial charge in [-0.3, -0.25) is 4.79 Å². The van der Waals surface area contributed by atoms with E-state index in [1.165, 1.54) is 0 Å². The lowest BCUT2D eigenvalue weighted by Gasteiger charge is -2.20. The zero-order valence-corrected chi connectivity index (χ0v) is 18.6. The largest absolute Gasteiger partial charge is 0.497 e. The van der Waals surface area contributed by atoms with Crippen LogP contribution in [-0.2, 0) is 11.3 Å². The lowest BCUT2D eigenvalue weighted by molar-refractivity contribution is 0.0523. The van der Waals surface area contributed by atoms with Gasteiger partial charge >= 0.3 is 6.09 Å². The van der Waals surface area contributed by atoms with Crippen LogP contribution in [0.15, 0.2) is 66.7 Å². The zero-order chi connectivity index (χ0) is 23.1. The van der Waals surface area contributed by atoms with Gasteiger partial charge in [0.1, 0.15) is 17.0 Å². The van der Waals surface area contributed by atoms with Crippen LogP contribution in [-0.4, -0.2) is 29.7 Å². The van der Waals surface area contributed by atoms with Crippen molar-refractivity contribution in [1.82, 2.24) is 10.3 Å². The van der Waals surface area contributed by atoms with E-state index in [0.29, 0.717) is 17.1 Å². The Hall–Kier alpha value is -3.87. The highest BCUT2D eigenvalue weighted by Gasteiger charge is 2.17. The van der Waals surface area contributed by atoms with Gasteiger partial charge in [-0.15, -0.1) is 0 Å². The molecule has 7 nitrogen and oxygen atoms in total. The summed E-state index contributed by atoms with van der Waals surface area (Å²) >= 11 is 0. The Balaban J connectivity index is 1.75. The van der Waals surface area contributed by atoms with Gasteiger partial charge < -0.3 is 20.1 Å². The van der Waals surface area contributed by atoms with Crippen molar-refractivity contribution in [2.45, 2.75) is 32.9 Å². The van der Waals surface area contributed by atoms with E-state index >= 15 is 0 Å². The maximum atomic E-state index is 12.7. The van der Waals surface area contributed by atoms with E-state index in [4.69, 9.17) is 9.47 Å². The van der Waals surface area contributed by atoms with Gasteiger partial charge in [0, 0.05) is 17.8 Å². The van der Waals surface area contributed by atoms with Crippen molar-refractivity contribution in [2.24, 2.45) is 0 Å². The molecule has 0 atom stereocenters. The summed E-state index contributed by atoms with van der Waals surface area (Å²) in [5.41, 5.74) is 2.67. The zero-order valence-electron chi connectivity index (χ0n) is 18.6. The molecule has 0 spiro atoms. The predicted molar refractivity (Wildman–Crippen MR) is 124 cm³/mol. The van der Waals surface area contributed by atoms with Crippen LogP contribution in [0, 0.1) is 0 Å². The summed E-state index contributed by atoms with van der Waals surface area (Å²) in [4.78, 5) is 29.3. The van der Waals surface area contributed by atoms with Gasteiger partial charge in [-0.2, -0.15) is 0 Å². The highest BCUT2D eigenvalue weighted by molar-refractivity contribution is 6.03. The number of amides is 2. The molecule has 7 heteroatoms. The molecule has 0 saturated carbocycles. The molecule has 32 heavy (non-hydrogen) atoms. The van der Waals surface area contributed by atoms with Crippen LogP contribution in [0.1, 0.15) is 36.8 Å². The molecule has 0 aliphatic carbocycles. The highest BCUT2D eigenvalue weighted by atomic mass is 16.6. The van der Waals surface area contributed by atoms with Crippen molar-refractivity contribution >= 4 is 17.7 Å². The molecular weight excluding hydrogens is 406 g/mol. The van der Waals surface area contributed by atoms with Crippen LogP contribution >= 0.6 is 0 Å². The molecule has 0 saturated heterocycles. The molecular formula is C25H27N3O4. The van der Waals surface area contributed by atoms with E-state index in [-0.39, 0.29) is 18.1 Å². The maximum Gasteiger partial charge on any atom is 0.407 e. The van der Waals surface area contributed by atoms with Crippen LogP contribution in [0.4, 0.5) is 10.5 Å². The second-order valence-corrected chi connectivity index (χ2v) is 8.10. The molecule has 2 amide bonds. The summed E-state index contributed by atoms with van der Waals surface area (Å²) in [5.74, 6) is 0.390. The summed E-state index contributed by atoms with van der Waals surface area (Å²) in [7, 11) is 1.59. The van der Waals surface area contributed by atoms with E-state index in [1.807, 2.05) is 51.1 Å². The van der Waals surface area contributed by atoms with Gasteiger partial charge in [-0.1, -0.05) is 30.3 Å². The second-order valence-electron chi connectivity index (χ2n) is 8.10. The first-order valence-electron chi connectivity index (χ1n) is 10.2. The van der Waals surface area contributed by atoms with Crippen molar-refractivity contribution in [1.29, 1.82) is 0 Å². The summed E-state index contributed by atoms with van der Waals surface area (Å²) in [6.07, 6.45) is -0.493. The van der Waals surface area contributed by atoms with E-state index < -0.39 is 11.7 Å². The monoisotopic (exact) mass is 433 g/mol. The number of benzene rings is 2. The van der Waals surface area contributed by atoms with Gasteiger partial charge in [0.25, 0.3) is 5.91 Å². The molecule has 0 radical (unpaired) electrons. The minimum Gasteiger partial charge on any atom is -0.497 e. The lowest BCUT2D eigenvalue weighted by atomic mass is 10.0. The number of hydrogen-bond acceptors (Lipinski definition) is 5. The first-order valence-corrected chi connectivity index (χ1v) is 10.2. The van der Waals surface area contributed by atoms with Gasteiger partial charge in [0.15, 0.2) is 0 Å². The number of nitrogens with zero attached hydrogens (tertiary/aromatic N) is 1. The number of methoxy groups -OCH3 is 1. The molecule has 1 heterocycles. The Bertz CT molecular complexity index is 1090. The van der Waals surface area contributed by atoms with Crippen LogP contribution in [0.3, 0.4) is 0 Å². The summed E-state index contributed by atoms with van der Waals surface area (Å²) < 4.78 is 10.4. The van der Waals surface area contributed by atoms with Crippen LogP contribution in [0.25, 0.3) is 11.3 Å². The third-order valence-corrected chi connectivity index (χ3v) is 4.44. The second kappa shape index (κ2) is 9.96. The molecule has 1 aromatic heterocycles. The Morgan fingerprint density at radius 3 is 2.34 bits per heavy atom. The van der Waals surface area contributed by atoms with Crippen molar-refractivity contribution in [2.75, 3.05) is 12.4 Å². The fraction of sp³-hybridized carbons (Fsp3) is 0.240. The average molecular weight is 434 g/mol. The Kier molecular flexibility index (Phi) is 7.10. The molecule has 0 unspecified atom stereocenters. The minimum atomic E-state index is -0.573. The molecule has 3 rings (SSSR count). The van der Waals surface area contributed by atoms with Crippen LogP contribution in [0.2, 0.25) is 0 Å². The molecule has 0 aliphatic heterocycles. The summed E-state index contributed by atoms with van der Waals surface area (Å²) in [6.45, 7) is 5.71. The summed E-state index contributed by atoms with van der Waals surface area (Å²) in [5, 5.41) is 5.60. The highest BCUT2D eigenvalue weighted by Crippen LogP contribution is 2.23. The smallest absolute Gasteiger partial charge is 0.407 e. The Morgan fingerprint density at radius 2 is 1.66 bits per heavy atom. The molecule has 3 aromatic rings. The number of pyridine rings is 1. The SMILES string of the molecule is COc1ccc(NC(=O)c2cccc(-c3ccccc3CNC(=O)OC(C)(C)C)n2)cc1. The minimum absolute atomic E-state index is 0.273. The quantitative estimate of drug-likeness (QED) is 0.569. The van der Waals surface area contributed by atoms with E-state index in [2.05, 4.69) is 15.6 Å².